The van der Waals surface area contributed by atoms with Crippen molar-refractivity contribution in [2.24, 2.45) is 0 Å². The molecule has 4 heteroatoms. The summed E-state index contributed by atoms with van der Waals surface area (Å²) >= 11 is 3.92. The summed E-state index contributed by atoms with van der Waals surface area (Å²) in [6.07, 6.45) is 1.28. The number of rotatable bonds is 4. The Morgan fingerprint density at radius 2 is 1.17 bits per heavy atom. The van der Waals surface area contributed by atoms with Gasteiger partial charge in [-0.2, -0.15) is 0 Å². The van der Waals surface area contributed by atoms with Gasteiger partial charge in [0.2, 0.25) is 0 Å². The van der Waals surface area contributed by atoms with E-state index in [0.29, 0.717) is 0 Å². The van der Waals surface area contributed by atoms with Gasteiger partial charge in [0.1, 0.15) is 11.5 Å². The molecule has 0 spiro atoms. The molecule has 1 saturated heterocycles. The second-order valence-electron chi connectivity index (χ2n) is 5.17. The van der Waals surface area contributed by atoms with Gasteiger partial charge in [-0.15, -0.1) is 23.5 Å². The highest BCUT2D eigenvalue weighted by Gasteiger charge is 2.16. The van der Waals surface area contributed by atoms with E-state index in [1.165, 1.54) is 38.9 Å². The fourth-order valence-corrected chi connectivity index (χ4v) is 5.22. The van der Waals surface area contributed by atoms with Gasteiger partial charge in [0, 0.05) is 9.81 Å². The average molecular weight is 345 g/mol. The van der Waals surface area contributed by atoms with E-state index in [0.717, 1.165) is 11.5 Å². The van der Waals surface area contributed by atoms with Crippen LogP contribution in [-0.4, -0.2) is 25.7 Å². The second kappa shape index (κ2) is 7.84. The molecule has 2 nitrogen and oxygen atoms in total. The van der Waals surface area contributed by atoms with Crippen LogP contribution in [-0.2, 0) is 0 Å². The molecular formula is C19H20O2S2. The average Bonchev–Trinajstić information content (AvgIpc) is 2.64. The van der Waals surface area contributed by atoms with Gasteiger partial charge in [-0.05, 0) is 53.3 Å². The Bertz CT molecular complexity index is 618. The van der Waals surface area contributed by atoms with Gasteiger partial charge in [0.05, 0.1) is 14.2 Å². The molecule has 0 N–H and O–H groups in total. The first-order valence-corrected chi connectivity index (χ1v) is 9.57. The van der Waals surface area contributed by atoms with E-state index in [2.05, 4.69) is 24.3 Å². The van der Waals surface area contributed by atoms with Crippen molar-refractivity contribution in [3.05, 3.63) is 63.9 Å². The highest BCUT2D eigenvalue weighted by atomic mass is 32.2. The number of thioether (sulfide) groups is 2. The summed E-state index contributed by atoms with van der Waals surface area (Å²) in [5.74, 6) is 4.16. The first-order valence-electron chi connectivity index (χ1n) is 7.60. The van der Waals surface area contributed by atoms with Crippen LogP contribution in [0.15, 0.2) is 52.8 Å². The zero-order valence-corrected chi connectivity index (χ0v) is 15.0. The summed E-state index contributed by atoms with van der Waals surface area (Å²) in [6.45, 7) is 0. The Balaban J connectivity index is 2.05. The van der Waals surface area contributed by atoms with Crippen molar-refractivity contribution in [1.82, 2.24) is 0 Å². The lowest BCUT2D eigenvalue weighted by atomic mass is 9.99. The Kier molecular flexibility index (Phi) is 5.57. The van der Waals surface area contributed by atoms with Gasteiger partial charge in [-0.1, -0.05) is 24.3 Å². The second-order valence-corrected chi connectivity index (χ2v) is 7.64. The number of benzene rings is 2. The Hall–Kier alpha value is -1.52. The van der Waals surface area contributed by atoms with E-state index in [1.54, 1.807) is 14.2 Å². The molecular weight excluding hydrogens is 324 g/mol. The molecule has 3 rings (SSSR count). The normalized spacial score (nSPS) is 14.4. The van der Waals surface area contributed by atoms with Crippen LogP contribution in [0.4, 0.5) is 0 Å². The predicted molar refractivity (Wildman–Crippen MR) is 102 cm³/mol. The molecule has 120 valence electrons. The van der Waals surface area contributed by atoms with Crippen LogP contribution in [0.1, 0.15) is 17.5 Å². The van der Waals surface area contributed by atoms with E-state index in [4.69, 9.17) is 9.47 Å². The fraction of sp³-hybridized carbons (Fsp3) is 0.263. The maximum atomic E-state index is 5.29. The van der Waals surface area contributed by atoms with Gasteiger partial charge in [-0.25, -0.2) is 0 Å². The highest BCUT2D eigenvalue weighted by molar-refractivity contribution is 8.23. The molecule has 2 aromatic carbocycles. The van der Waals surface area contributed by atoms with Crippen molar-refractivity contribution >= 4 is 29.1 Å². The minimum atomic E-state index is 0.886. The smallest absolute Gasteiger partial charge is 0.118 e. The summed E-state index contributed by atoms with van der Waals surface area (Å²) in [4.78, 5) is 0. The molecule has 23 heavy (non-hydrogen) atoms. The predicted octanol–water partition coefficient (Wildman–Crippen LogP) is 5.29. The van der Waals surface area contributed by atoms with E-state index in [-0.39, 0.29) is 0 Å². The molecule has 2 aromatic rings. The standard InChI is InChI=1S/C19H20O2S2/c1-20-16-8-4-14(5-9-16)18(19-22-12-3-13-23-19)15-6-10-17(21-2)11-7-15/h4-11H,3,12-13H2,1-2H3. The largest absolute Gasteiger partial charge is 0.497 e. The van der Waals surface area contributed by atoms with Gasteiger partial charge in [0.25, 0.3) is 0 Å². The molecule has 0 bridgehead atoms. The number of hydrogen-bond acceptors (Lipinski definition) is 4. The van der Waals surface area contributed by atoms with E-state index >= 15 is 0 Å². The summed E-state index contributed by atoms with van der Waals surface area (Å²) in [5, 5.41) is 0. The molecule has 0 aromatic heterocycles. The Morgan fingerprint density at radius 1 is 0.739 bits per heavy atom. The van der Waals surface area contributed by atoms with Crippen molar-refractivity contribution in [2.75, 3.05) is 25.7 Å². The van der Waals surface area contributed by atoms with Crippen molar-refractivity contribution in [3.63, 3.8) is 0 Å². The quantitative estimate of drug-likeness (QED) is 0.750. The summed E-state index contributed by atoms with van der Waals surface area (Å²) in [6, 6.07) is 16.7. The fourth-order valence-electron chi connectivity index (χ4n) is 2.49. The van der Waals surface area contributed by atoms with Gasteiger partial charge in [0.15, 0.2) is 0 Å². The van der Waals surface area contributed by atoms with Crippen LogP contribution in [0.25, 0.3) is 5.57 Å². The third-order valence-electron chi connectivity index (χ3n) is 3.72. The van der Waals surface area contributed by atoms with Crippen LogP contribution in [0.5, 0.6) is 11.5 Å². The lowest BCUT2D eigenvalue weighted by Crippen LogP contribution is -1.98. The van der Waals surface area contributed by atoms with Crippen LogP contribution < -0.4 is 9.47 Å². The summed E-state index contributed by atoms with van der Waals surface area (Å²) in [5.41, 5.74) is 3.77. The molecule has 0 aliphatic carbocycles. The lowest BCUT2D eigenvalue weighted by molar-refractivity contribution is 0.414. The maximum Gasteiger partial charge on any atom is 0.118 e. The lowest BCUT2D eigenvalue weighted by Gasteiger charge is -2.19. The third-order valence-corrected chi connectivity index (χ3v) is 6.34. The van der Waals surface area contributed by atoms with E-state index < -0.39 is 0 Å². The topological polar surface area (TPSA) is 18.5 Å². The molecule has 1 aliphatic rings. The molecule has 1 aliphatic heterocycles. The molecule has 0 amide bonds. The monoisotopic (exact) mass is 344 g/mol. The molecule has 0 unspecified atom stereocenters. The van der Waals surface area contributed by atoms with Crippen molar-refractivity contribution in [3.8, 4) is 11.5 Å². The molecule has 0 radical (unpaired) electrons. The van der Waals surface area contributed by atoms with Crippen LogP contribution >= 0.6 is 23.5 Å². The van der Waals surface area contributed by atoms with Crippen molar-refractivity contribution < 1.29 is 9.47 Å². The molecule has 1 heterocycles. The first-order chi connectivity index (χ1) is 11.3. The maximum absolute atomic E-state index is 5.29. The number of hydrogen-bond donors (Lipinski definition) is 0. The van der Waals surface area contributed by atoms with Crippen molar-refractivity contribution in [2.45, 2.75) is 6.42 Å². The van der Waals surface area contributed by atoms with E-state index in [1.807, 2.05) is 47.8 Å². The van der Waals surface area contributed by atoms with Crippen LogP contribution in [0, 0.1) is 0 Å². The molecule has 0 atom stereocenters. The SMILES string of the molecule is COc1ccc(C(=C2SCCCS2)c2ccc(OC)cc2)cc1. The first kappa shape index (κ1) is 16.3. The molecule has 1 fully saturated rings. The number of methoxy groups -OCH3 is 2. The highest BCUT2D eigenvalue weighted by Crippen LogP contribution is 2.43. The summed E-state index contributed by atoms with van der Waals surface area (Å²) < 4.78 is 12.0. The van der Waals surface area contributed by atoms with E-state index in [9.17, 15) is 0 Å². The Labute approximate surface area is 146 Å². The van der Waals surface area contributed by atoms with Gasteiger partial charge < -0.3 is 9.47 Å². The molecule has 0 saturated carbocycles. The van der Waals surface area contributed by atoms with Gasteiger partial charge >= 0.3 is 0 Å². The minimum Gasteiger partial charge on any atom is -0.497 e. The number of ether oxygens (including phenoxy) is 2. The van der Waals surface area contributed by atoms with Crippen LogP contribution in [0.3, 0.4) is 0 Å². The van der Waals surface area contributed by atoms with Crippen molar-refractivity contribution in [1.29, 1.82) is 0 Å². The summed E-state index contributed by atoms with van der Waals surface area (Å²) in [7, 11) is 3.40. The van der Waals surface area contributed by atoms with Crippen LogP contribution in [0.2, 0.25) is 0 Å². The zero-order valence-electron chi connectivity index (χ0n) is 13.4. The van der Waals surface area contributed by atoms with Gasteiger partial charge in [-0.3, -0.25) is 0 Å². The minimum absolute atomic E-state index is 0.886. The third kappa shape index (κ3) is 3.88. The Morgan fingerprint density at radius 3 is 1.57 bits per heavy atom. The zero-order chi connectivity index (χ0) is 16.1.